The molecule has 22 heavy (non-hydrogen) atoms. The molecule has 0 fully saturated rings. The maximum Gasteiger partial charge on any atom is 0.396 e. The largest absolute Gasteiger partial charge is 0.396 e. The third-order valence-electron chi connectivity index (χ3n) is 3.17. The van der Waals surface area contributed by atoms with Crippen LogP contribution in [-0.2, 0) is 6.54 Å². The molecule has 1 heterocycles. The highest BCUT2D eigenvalue weighted by atomic mass is 79.9. The Labute approximate surface area is 134 Å². The second-order valence-electron chi connectivity index (χ2n) is 4.67. The van der Waals surface area contributed by atoms with Gasteiger partial charge in [0.1, 0.15) is 0 Å². The van der Waals surface area contributed by atoms with Crippen molar-refractivity contribution in [1.29, 1.82) is 0 Å². The van der Waals surface area contributed by atoms with E-state index in [0.717, 1.165) is 0 Å². The van der Waals surface area contributed by atoms with Gasteiger partial charge in [-0.05, 0) is 32.8 Å². The molecule has 0 radical (unpaired) electrons. The molecule has 1 aromatic heterocycles. The lowest BCUT2D eigenvalue weighted by molar-refractivity contribution is -0.390. The molecule has 1 aromatic carbocycles. The lowest BCUT2D eigenvalue weighted by atomic mass is 10.1. The summed E-state index contributed by atoms with van der Waals surface area (Å²) in [7, 11) is 0. The predicted octanol–water partition coefficient (Wildman–Crippen LogP) is 2.95. The summed E-state index contributed by atoms with van der Waals surface area (Å²) >= 11 is 3.10. The Kier molecular flexibility index (Phi) is 4.51. The van der Waals surface area contributed by atoms with Gasteiger partial charge in [0.25, 0.3) is 0 Å². The van der Waals surface area contributed by atoms with E-state index in [4.69, 9.17) is 0 Å². The zero-order valence-electron chi connectivity index (χ0n) is 11.9. The van der Waals surface area contributed by atoms with E-state index in [1.165, 1.54) is 11.5 Å². The van der Waals surface area contributed by atoms with Crippen LogP contribution in [0, 0.1) is 17.0 Å². The van der Waals surface area contributed by atoms with Crippen LogP contribution in [0.2, 0.25) is 0 Å². The Bertz CT molecular complexity index is 765. The number of aryl methyl sites for hydroxylation is 1. The van der Waals surface area contributed by atoms with Crippen molar-refractivity contribution >= 4 is 33.3 Å². The third kappa shape index (κ3) is 3.11. The van der Waals surface area contributed by atoms with Gasteiger partial charge in [0.2, 0.25) is 5.82 Å². The number of nitrogens with zero attached hydrogens (tertiary/aromatic N) is 3. The lowest BCUT2D eigenvalue weighted by Crippen LogP contribution is -2.12. The number of hydrogen-bond acceptors (Lipinski definition) is 5. The number of benzene rings is 1. The molecular weight excluding hydrogens is 354 g/mol. The van der Waals surface area contributed by atoms with Crippen LogP contribution in [0.5, 0.6) is 0 Å². The molecule has 2 rings (SSSR count). The molecule has 0 spiro atoms. The van der Waals surface area contributed by atoms with Gasteiger partial charge in [0.05, 0.1) is 6.54 Å². The SMILES string of the molecule is CC(=O)c1ccc(C(=O)Cn2c(C)nc([N+](=O)[O-])c2Br)cc1. The average Bonchev–Trinajstić information content (AvgIpc) is 2.75. The monoisotopic (exact) mass is 365 g/mol. The van der Waals surface area contributed by atoms with Gasteiger partial charge < -0.3 is 10.1 Å². The minimum absolute atomic E-state index is 0.0767. The van der Waals surface area contributed by atoms with E-state index < -0.39 is 4.92 Å². The van der Waals surface area contributed by atoms with Crippen LogP contribution >= 0.6 is 15.9 Å². The van der Waals surface area contributed by atoms with Gasteiger partial charge in [-0.3, -0.25) is 14.2 Å². The Morgan fingerprint density at radius 2 is 1.82 bits per heavy atom. The molecule has 0 atom stereocenters. The summed E-state index contributed by atoms with van der Waals surface area (Å²) < 4.78 is 1.59. The number of imidazole rings is 1. The Hall–Kier alpha value is -2.35. The quantitative estimate of drug-likeness (QED) is 0.461. The van der Waals surface area contributed by atoms with Crippen LogP contribution in [-0.4, -0.2) is 26.0 Å². The highest BCUT2D eigenvalue weighted by molar-refractivity contribution is 9.10. The number of carbonyl (C=O) groups excluding carboxylic acids is 2. The molecule has 2 aromatic rings. The van der Waals surface area contributed by atoms with Crippen molar-refractivity contribution in [3.05, 3.63) is 55.9 Å². The molecule has 0 aliphatic rings. The molecule has 0 saturated heterocycles. The minimum atomic E-state index is -0.611. The Morgan fingerprint density at radius 3 is 2.27 bits per heavy atom. The molecule has 7 nitrogen and oxygen atoms in total. The molecule has 0 unspecified atom stereocenters. The fraction of sp³-hybridized carbons (Fsp3) is 0.214. The zero-order valence-corrected chi connectivity index (χ0v) is 13.5. The average molecular weight is 366 g/mol. The predicted molar refractivity (Wildman–Crippen MR) is 82.1 cm³/mol. The molecule has 0 N–H and O–H groups in total. The number of hydrogen-bond donors (Lipinski definition) is 0. The number of ketones is 2. The Morgan fingerprint density at radius 1 is 1.27 bits per heavy atom. The summed E-state index contributed by atoms with van der Waals surface area (Å²) in [6, 6.07) is 6.28. The fourth-order valence-corrected chi connectivity index (χ4v) is 2.56. The highest BCUT2D eigenvalue weighted by Crippen LogP contribution is 2.25. The number of nitro groups is 1. The van der Waals surface area contributed by atoms with Crippen molar-refractivity contribution in [3.8, 4) is 0 Å². The van der Waals surface area contributed by atoms with Crippen molar-refractivity contribution in [1.82, 2.24) is 9.55 Å². The first kappa shape index (κ1) is 16.0. The highest BCUT2D eigenvalue weighted by Gasteiger charge is 2.24. The van der Waals surface area contributed by atoms with Gasteiger partial charge in [-0.1, -0.05) is 24.3 Å². The third-order valence-corrected chi connectivity index (χ3v) is 3.95. The van der Waals surface area contributed by atoms with Gasteiger partial charge in [-0.15, -0.1) is 0 Å². The van der Waals surface area contributed by atoms with Crippen LogP contribution in [0.15, 0.2) is 28.9 Å². The molecule has 114 valence electrons. The molecule has 0 saturated carbocycles. The van der Waals surface area contributed by atoms with Crippen LogP contribution in [0.3, 0.4) is 0 Å². The second-order valence-corrected chi connectivity index (χ2v) is 5.42. The zero-order chi connectivity index (χ0) is 16.4. The minimum Gasteiger partial charge on any atom is -0.358 e. The van der Waals surface area contributed by atoms with Crippen molar-refractivity contribution in [2.24, 2.45) is 0 Å². The van der Waals surface area contributed by atoms with Crippen LogP contribution < -0.4 is 0 Å². The number of aromatic nitrogens is 2. The molecule has 0 amide bonds. The van der Waals surface area contributed by atoms with Crippen LogP contribution in [0.25, 0.3) is 0 Å². The number of halogens is 1. The summed E-state index contributed by atoms with van der Waals surface area (Å²) in [5.74, 6) is -0.265. The van der Waals surface area contributed by atoms with Crippen molar-refractivity contribution in [2.75, 3.05) is 0 Å². The number of Topliss-reactive ketones (excluding diaryl/α,β-unsaturated/α-hetero) is 2. The standard InChI is InChI=1S/C14H12BrN3O4/c1-8(19)10-3-5-11(6-4-10)12(20)7-17-9(2)16-14(13(17)15)18(21)22/h3-6H,7H2,1-2H3. The molecule has 0 bridgehead atoms. The van der Waals surface area contributed by atoms with Gasteiger partial charge in [-0.25, -0.2) is 0 Å². The maximum atomic E-state index is 12.3. The van der Waals surface area contributed by atoms with Crippen molar-refractivity contribution in [2.45, 2.75) is 20.4 Å². The number of rotatable bonds is 5. The molecule has 0 aliphatic carbocycles. The summed E-state index contributed by atoms with van der Waals surface area (Å²) in [5, 5.41) is 10.8. The lowest BCUT2D eigenvalue weighted by Gasteiger charge is -2.05. The summed E-state index contributed by atoms with van der Waals surface area (Å²) in [4.78, 5) is 37.5. The van der Waals surface area contributed by atoms with E-state index >= 15 is 0 Å². The summed E-state index contributed by atoms with van der Waals surface area (Å²) in [6.07, 6.45) is 0. The van der Waals surface area contributed by atoms with E-state index in [2.05, 4.69) is 20.9 Å². The van der Waals surface area contributed by atoms with Gasteiger partial charge >= 0.3 is 5.82 Å². The first-order chi connectivity index (χ1) is 10.3. The van der Waals surface area contributed by atoms with Gasteiger partial charge in [-0.2, -0.15) is 0 Å². The van der Waals surface area contributed by atoms with Crippen LogP contribution in [0.4, 0.5) is 5.82 Å². The Balaban J connectivity index is 2.25. The van der Waals surface area contributed by atoms with Crippen LogP contribution in [0.1, 0.15) is 33.5 Å². The van der Waals surface area contributed by atoms with Gasteiger partial charge in [0.15, 0.2) is 16.2 Å². The van der Waals surface area contributed by atoms with Crippen molar-refractivity contribution in [3.63, 3.8) is 0 Å². The topological polar surface area (TPSA) is 95.1 Å². The van der Waals surface area contributed by atoms with E-state index in [1.54, 1.807) is 31.2 Å². The second kappa shape index (κ2) is 6.18. The van der Waals surface area contributed by atoms with Gasteiger partial charge in [0, 0.05) is 18.1 Å². The molecule has 0 aliphatic heterocycles. The summed E-state index contributed by atoms with van der Waals surface area (Å²) in [5.41, 5.74) is 0.944. The molecule has 8 heteroatoms. The first-order valence-electron chi connectivity index (χ1n) is 6.32. The maximum absolute atomic E-state index is 12.3. The number of carbonyl (C=O) groups is 2. The van der Waals surface area contributed by atoms with E-state index in [0.29, 0.717) is 17.0 Å². The summed E-state index contributed by atoms with van der Waals surface area (Å²) in [6.45, 7) is 2.96. The normalized spacial score (nSPS) is 10.5. The van der Waals surface area contributed by atoms with E-state index in [1.807, 2.05) is 0 Å². The fourth-order valence-electron chi connectivity index (χ4n) is 1.95. The van der Waals surface area contributed by atoms with Crippen molar-refractivity contribution < 1.29 is 14.5 Å². The first-order valence-corrected chi connectivity index (χ1v) is 7.11. The molecular formula is C14H12BrN3O4. The van der Waals surface area contributed by atoms with E-state index in [9.17, 15) is 19.7 Å². The van der Waals surface area contributed by atoms with E-state index in [-0.39, 0.29) is 28.5 Å². The smallest absolute Gasteiger partial charge is 0.358 e.